The van der Waals surface area contributed by atoms with E-state index in [2.05, 4.69) is 10.2 Å². The van der Waals surface area contributed by atoms with Gasteiger partial charge in [0.1, 0.15) is 0 Å². The van der Waals surface area contributed by atoms with Crippen LogP contribution in [0.15, 0.2) is 23.8 Å². The number of aromatic amines is 1. The summed E-state index contributed by atoms with van der Waals surface area (Å²) in [5.41, 5.74) is 0. The Bertz CT molecular complexity index is 103. The van der Waals surface area contributed by atoms with Gasteiger partial charge in [-0.2, -0.15) is 5.10 Å². The first-order chi connectivity index (χ1) is 3.91. The topological polar surface area (TPSA) is 81.2 Å². The molecule has 0 spiro atoms. The molecule has 0 aliphatic heterocycles. The summed E-state index contributed by atoms with van der Waals surface area (Å²) in [7, 11) is 0. The summed E-state index contributed by atoms with van der Waals surface area (Å²) in [5.74, 6) is 0. The van der Waals surface area contributed by atoms with E-state index in [-0.39, 0.29) is 29.6 Å². The van der Waals surface area contributed by atoms with Gasteiger partial charge in [0.15, 0.2) is 0 Å². The first-order valence-electron chi connectivity index (χ1n) is 1.80. The Hall–Kier alpha value is -0.390. The summed E-state index contributed by atoms with van der Waals surface area (Å²) in [6.07, 6.45) is 3.46. The van der Waals surface area contributed by atoms with Crippen molar-refractivity contribution in [2.45, 2.75) is 0 Å². The van der Waals surface area contributed by atoms with Crippen molar-refractivity contribution in [2.75, 3.05) is 0 Å². The molecule has 0 radical (unpaired) electrons. The Labute approximate surface area is 73.7 Å². The number of hydrogen-bond donors (Lipinski definition) is 1. The fourth-order valence-corrected chi connectivity index (χ4v) is 0.215. The number of nitrogens with zero attached hydrogens (tertiary/aromatic N) is 2. The average Bonchev–Trinajstić information content (AvgIpc) is 2.17. The van der Waals surface area contributed by atoms with Gasteiger partial charge in [-0.25, -0.2) is 0 Å². The normalized spacial score (nSPS) is 5.78. The molecule has 6 heteroatoms. The van der Waals surface area contributed by atoms with Crippen LogP contribution in [0.3, 0.4) is 0 Å². The molecule has 5 nitrogen and oxygen atoms in total. The van der Waals surface area contributed by atoms with Gasteiger partial charge in [0.25, 0.3) is 0 Å². The van der Waals surface area contributed by atoms with Gasteiger partial charge in [-0.15, -0.1) is 5.34 Å². The summed E-state index contributed by atoms with van der Waals surface area (Å²) < 4.78 is 0. The van der Waals surface area contributed by atoms with Crippen molar-refractivity contribution < 1.29 is 29.6 Å². The minimum atomic E-state index is 0. The SMILES string of the molecule is O=N[O-].[Na+].c1cn[nH]c1. The zero-order valence-electron chi connectivity index (χ0n) is 4.94. The second kappa shape index (κ2) is 10.6. The molecule has 9 heavy (non-hydrogen) atoms. The molecule has 1 aromatic heterocycles. The van der Waals surface area contributed by atoms with Crippen molar-refractivity contribution in [1.29, 1.82) is 0 Å². The van der Waals surface area contributed by atoms with Crippen LogP contribution in [0.2, 0.25) is 0 Å². The summed E-state index contributed by atoms with van der Waals surface area (Å²) >= 11 is 0. The summed E-state index contributed by atoms with van der Waals surface area (Å²) in [4.78, 5) is 8.00. The Morgan fingerprint density at radius 2 is 2.22 bits per heavy atom. The molecular formula is C3H4N3NaO2. The first-order valence-corrected chi connectivity index (χ1v) is 1.80. The van der Waals surface area contributed by atoms with Crippen LogP contribution in [0.4, 0.5) is 0 Å². The predicted molar refractivity (Wildman–Crippen MR) is 27.7 cm³/mol. The maximum atomic E-state index is 8.00. The van der Waals surface area contributed by atoms with Gasteiger partial charge in [0.2, 0.25) is 0 Å². The zero-order valence-corrected chi connectivity index (χ0v) is 6.94. The summed E-state index contributed by atoms with van der Waals surface area (Å²) in [5, 5.41) is 15.2. The van der Waals surface area contributed by atoms with Crippen LogP contribution in [0.25, 0.3) is 0 Å². The van der Waals surface area contributed by atoms with Crippen molar-refractivity contribution in [3.63, 3.8) is 0 Å². The third kappa shape index (κ3) is 11.3. The maximum Gasteiger partial charge on any atom is 1.00 e. The van der Waals surface area contributed by atoms with Gasteiger partial charge >= 0.3 is 29.6 Å². The Balaban J connectivity index is 0. The standard InChI is InChI=1S/C3H4N2.HNO2.Na/c1-2-4-5-3-1;2-1-3;/h1-3H,(H,4,5);(H,2,3);/q;;+1/p-1. The molecule has 1 rings (SSSR count). The van der Waals surface area contributed by atoms with Gasteiger partial charge in [0, 0.05) is 12.4 Å². The zero-order chi connectivity index (χ0) is 6.24. The molecule has 0 saturated carbocycles. The molecule has 0 saturated heterocycles. The Morgan fingerprint density at radius 1 is 1.67 bits per heavy atom. The van der Waals surface area contributed by atoms with E-state index in [1.807, 2.05) is 6.07 Å². The summed E-state index contributed by atoms with van der Waals surface area (Å²) in [6.45, 7) is 0. The molecule has 1 N–H and O–H groups in total. The van der Waals surface area contributed by atoms with Crippen LogP contribution in [0, 0.1) is 10.1 Å². The molecule has 44 valence electrons. The van der Waals surface area contributed by atoms with Gasteiger partial charge in [-0.3, -0.25) is 5.10 Å². The fraction of sp³-hybridized carbons (Fsp3) is 0. The van der Waals surface area contributed by atoms with Crippen LogP contribution in [-0.4, -0.2) is 10.2 Å². The molecule has 1 aromatic rings. The van der Waals surface area contributed by atoms with Crippen molar-refractivity contribution in [1.82, 2.24) is 10.2 Å². The van der Waals surface area contributed by atoms with E-state index in [4.69, 9.17) is 10.1 Å². The van der Waals surface area contributed by atoms with Crippen molar-refractivity contribution >= 4 is 0 Å². The molecule has 1 heterocycles. The molecular weight excluding hydrogens is 133 g/mol. The second-order valence-electron chi connectivity index (χ2n) is 0.841. The van der Waals surface area contributed by atoms with E-state index in [0.717, 1.165) is 5.34 Å². The second-order valence-corrected chi connectivity index (χ2v) is 0.841. The van der Waals surface area contributed by atoms with E-state index in [1.54, 1.807) is 12.4 Å². The number of rotatable bonds is 0. The van der Waals surface area contributed by atoms with Crippen LogP contribution in [0.5, 0.6) is 0 Å². The fourth-order valence-electron chi connectivity index (χ4n) is 0.215. The van der Waals surface area contributed by atoms with E-state index in [1.165, 1.54) is 0 Å². The van der Waals surface area contributed by atoms with Crippen LogP contribution in [-0.2, 0) is 0 Å². The van der Waals surface area contributed by atoms with Gasteiger partial charge in [0.05, 0.1) is 0 Å². The van der Waals surface area contributed by atoms with Gasteiger partial charge in [-0.05, 0) is 6.07 Å². The average molecular weight is 137 g/mol. The molecule has 0 fully saturated rings. The van der Waals surface area contributed by atoms with Gasteiger partial charge in [-0.1, -0.05) is 0 Å². The molecule has 0 aromatic carbocycles. The third-order valence-corrected chi connectivity index (χ3v) is 0.406. The minimum Gasteiger partial charge on any atom is -0.444 e. The quantitative estimate of drug-likeness (QED) is 0.247. The molecule has 0 atom stereocenters. The van der Waals surface area contributed by atoms with Crippen LogP contribution in [0.1, 0.15) is 0 Å². The van der Waals surface area contributed by atoms with E-state index < -0.39 is 0 Å². The van der Waals surface area contributed by atoms with Gasteiger partial charge < -0.3 is 10.1 Å². The number of hydrogen-bond acceptors (Lipinski definition) is 4. The molecule has 0 bridgehead atoms. The number of nitrogens with one attached hydrogen (secondary N) is 1. The Kier molecular flexibility index (Phi) is 13.4. The Morgan fingerprint density at radius 3 is 2.33 bits per heavy atom. The minimum absolute atomic E-state index is 0. The van der Waals surface area contributed by atoms with Crippen LogP contribution < -0.4 is 29.6 Å². The molecule has 0 aliphatic carbocycles. The molecule has 0 amide bonds. The van der Waals surface area contributed by atoms with E-state index in [9.17, 15) is 0 Å². The maximum absolute atomic E-state index is 8.00. The van der Waals surface area contributed by atoms with Crippen LogP contribution >= 0.6 is 0 Å². The monoisotopic (exact) mass is 137 g/mol. The molecule has 0 aliphatic rings. The predicted octanol–water partition coefficient (Wildman–Crippen LogP) is -2.34. The smallest absolute Gasteiger partial charge is 0.444 e. The van der Waals surface area contributed by atoms with Crippen molar-refractivity contribution in [3.8, 4) is 0 Å². The van der Waals surface area contributed by atoms with E-state index in [0.29, 0.717) is 0 Å². The van der Waals surface area contributed by atoms with Crippen molar-refractivity contribution in [3.05, 3.63) is 28.6 Å². The summed E-state index contributed by atoms with van der Waals surface area (Å²) in [6, 6.07) is 1.83. The van der Waals surface area contributed by atoms with Crippen molar-refractivity contribution in [2.24, 2.45) is 5.34 Å². The first kappa shape index (κ1) is 11.4. The largest absolute Gasteiger partial charge is 1.00 e. The number of H-pyrrole nitrogens is 1. The third-order valence-electron chi connectivity index (χ3n) is 0.406. The number of aromatic nitrogens is 2. The van der Waals surface area contributed by atoms with E-state index >= 15 is 0 Å². The molecule has 0 unspecified atom stereocenters.